The van der Waals surface area contributed by atoms with Crippen molar-refractivity contribution in [1.82, 2.24) is 20.2 Å². The van der Waals surface area contributed by atoms with Crippen LogP contribution in [0.4, 0.5) is 16.2 Å². The fourth-order valence-electron chi connectivity index (χ4n) is 5.83. The summed E-state index contributed by atoms with van der Waals surface area (Å²) in [5, 5.41) is 24.0. The molecule has 1 aliphatic heterocycles. The first-order valence-corrected chi connectivity index (χ1v) is 18.3. The van der Waals surface area contributed by atoms with E-state index >= 15 is 0 Å². The minimum atomic E-state index is -0.287. The Bertz CT molecular complexity index is 1890. The molecule has 1 aromatic heterocycles. The van der Waals surface area contributed by atoms with Crippen LogP contribution in [0.15, 0.2) is 65.1 Å². The lowest BCUT2D eigenvalue weighted by Gasteiger charge is -2.33. The van der Waals surface area contributed by atoms with Crippen molar-refractivity contribution in [3.05, 3.63) is 93.5 Å². The molecule has 3 amide bonds. The summed E-state index contributed by atoms with van der Waals surface area (Å²) in [6.07, 6.45) is 1.54. The lowest BCUT2D eigenvalue weighted by atomic mass is 9.79. The number of anilines is 2. The highest BCUT2D eigenvalue weighted by Crippen LogP contribution is 2.37. The molecule has 0 radical (unpaired) electrons. The van der Waals surface area contributed by atoms with Gasteiger partial charge < -0.3 is 15.7 Å². The van der Waals surface area contributed by atoms with Crippen LogP contribution < -0.4 is 16.1 Å². The van der Waals surface area contributed by atoms with E-state index in [4.69, 9.17) is 4.98 Å². The van der Waals surface area contributed by atoms with Crippen molar-refractivity contribution in [2.75, 3.05) is 43.4 Å². The number of aromatic nitrogens is 1. The van der Waals surface area contributed by atoms with Crippen molar-refractivity contribution in [3.8, 4) is 16.3 Å². The molecule has 12 heteroatoms. The number of urea groups is 1. The Hall–Kier alpha value is -4.29. The van der Waals surface area contributed by atoms with Gasteiger partial charge in [-0.15, -0.1) is 23.7 Å². The number of halogens is 1. The van der Waals surface area contributed by atoms with E-state index in [0.717, 1.165) is 71.4 Å². The van der Waals surface area contributed by atoms with Crippen molar-refractivity contribution in [2.24, 2.45) is 5.10 Å². The van der Waals surface area contributed by atoms with Crippen LogP contribution in [-0.2, 0) is 22.2 Å². The van der Waals surface area contributed by atoms with E-state index in [1.54, 1.807) is 11.3 Å². The average Bonchev–Trinajstić information content (AvgIpc) is 3.52. The summed E-state index contributed by atoms with van der Waals surface area (Å²) < 4.78 is 0. The Balaban J connectivity index is 0.00000605. The Morgan fingerprint density at radius 1 is 0.865 bits per heavy atom. The van der Waals surface area contributed by atoms with Gasteiger partial charge in [0.15, 0.2) is 0 Å². The second kappa shape index (κ2) is 17.0. The Labute approximate surface area is 318 Å². The van der Waals surface area contributed by atoms with Crippen molar-refractivity contribution in [2.45, 2.75) is 72.8 Å². The summed E-state index contributed by atoms with van der Waals surface area (Å²) in [5.41, 5.74) is 10.6. The number of hydrogen-bond donors (Lipinski definition) is 4. The largest absolute Gasteiger partial charge is 0.507 e. The van der Waals surface area contributed by atoms with Gasteiger partial charge in [-0.25, -0.2) is 15.2 Å². The number of aryl methyl sites for hydroxylation is 2. The van der Waals surface area contributed by atoms with Crippen LogP contribution in [0.3, 0.4) is 0 Å². The number of benzene rings is 3. The van der Waals surface area contributed by atoms with Crippen molar-refractivity contribution in [3.63, 3.8) is 0 Å². The van der Waals surface area contributed by atoms with Crippen molar-refractivity contribution < 1.29 is 14.7 Å². The van der Waals surface area contributed by atoms with Gasteiger partial charge in [-0.1, -0.05) is 53.7 Å². The quantitative estimate of drug-likeness (QED) is 0.102. The lowest BCUT2D eigenvalue weighted by molar-refractivity contribution is -0.122. The Morgan fingerprint density at radius 2 is 1.50 bits per heavy atom. The summed E-state index contributed by atoms with van der Waals surface area (Å²) >= 11 is 1.60. The zero-order valence-electron chi connectivity index (χ0n) is 31.5. The maximum absolute atomic E-state index is 12.7. The molecular weight excluding hydrogens is 694 g/mol. The summed E-state index contributed by atoms with van der Waals surface area (Å²) in [6.45, 7) is 20.9. The van der Waals surface area contributed by atoms with E-state index in [9.17, 15) is 14.7 Å². The lowest BCUT2D eigenvalue weighted by Crippen LogP contribution is -2.48. The van der Waals surface area contributed by atoms with Gasteiger partial charge in [0.05, 0.1) is 18.5 Å². The molecule has 1 saturated heterocycles. The molecule has 4 N–H and O–H groups in total. The molecule has 0 aliphatic carbocycles. The van der Waals surface area contributed by atoms with E-state index in [-0.39, 0.29) is 47.5 Å². The third-order valence-corrected chi connectivity index (χ3v) is 10.1. The van der Waals surface area contributed by atoms with E-state index in [2.05, 4.69) is 83.9 Å². The SMILES string of the molecule is Cc1ccc(NC(=O)Nc2ccc(-c3nc(CN4CCN(CC(=O)N/N=C/c5cc(C(C)(C)C)cc(C(C)(C)C)c5O)CC4)cs3)cc2)cc1C.Cl. The Kier molecular flexibility index (Phi) is 13.3. The fraction of sp³-hybridized carbons (Fsp3) is 0.400. The average molecular weight is 746 g/mol. The molecule has 0 saturated carbocycles. The Morgan fingerprint density at radius 3 is 2.13 bits per heavy atom. The highest BCUT2D eigenvalue weighted by atomic mass is 35.5. The number of thiazole rings is 1. The van der Waals surface area contributed by atoms with Gasteiger partial charge in [0.1, 0.15) is 10.8 Å². The predicted octanol–water partition coefficient (Wildman–Crippen LogP) is 8.06. The molecule has 278 valence electrons. The number of piperazine rings is 1. The maximum atomic E-state index is 12.7. The van der Waals surface area contributed by atoms with Gasteiger partial charge in [-0.2, -0.15) is 5.10 Å². The molecule has 52 heavy (non-hydrogen) atoms. The molecule has 1 aliphatic rings. The topological polar surface area (TPSA) is 122 Å². The van der Waals surface area contributed by atoms with Crippen LogP contribution in [0.2, 0.25) is 0 Å². The third kappa shape index (κ3) is 10.9. The van der Waals surface area contributed by atoms with E-state index in [1.807, 2.05) is 62.4 Å². The van der Waals surface area contributed by atoms with Crippen molar-refractivity contribution >= 4 is 53.3 Å². The number of hydrogen-bond acceptors (Lipinski definition) is 8. The van der Waals surface area contributed by atoms with E-state index in [1.165, 1.54) is 11.8 Å². The molecule has 4 aromatic rings. The molecule has 0 atom stereocenters. The molecular formula is C40H52ClN7O3S. The number of hydrazone groups is 1. The minimum absolute atomic E-state index is 0. The molecule has 1 fully saturated rings. The molecule has 5 rings (SSSR count). The standard InChI is InChI=1S/C40H51N7O3S.ClH/c1-26-9-12-32(19-27(26)2)44-38(50)43-31-13-10-28(11-14-31)37-42-33(25-51-37)23-46-15-17-47(18-16-46)24-35(48)45-41-22-29-20-30(39(3,4)5)21-34(36(29)49)40(6,7)8;/h9-14,19-22,25,49H,15-18,23-24H2,1-8H3,(H,45,48)(H2,43,44,50);1H/b41-22+;. The second-order valence-electron chi connectivity index (χ2n) is 15.4. The number of carbonyl (C=O) groups excluding carboxylic acids is 2. The van der Waals surface area contributed by atoms with Crippen LogP contribution in [0.25, 0.3) is 10.6 Å². The van der Waals surface area contributed by atoms with Gasteiger partial charge in [0.2, 0.25) is 0 Å². The highest BCUT2D eigenvalue weighted by Gasteiger charge is 2.25. The maximum Gasteiger partial charge on any atom is 0.323 e. The van der Waals surface area contributed by atoms with Crippen LogP contribution in [0.5, 0.6) is 5.75 Å². The molecule has 0 unspecified atom stereocenters. The first-order valence-electron chi connectivity index (χ1n) is 17.4. The van der Waals surface area contributed by atoms with Gasteiger partial charge >= 0.3 is 6.03 Å². The number of carbonyl (C=O) groups is 2. The molecule has 3 aromatic carbocycles. The third-order valence-electron chi connectivity index (χ3n) is 9.13. The van der Waals surface area contributed by atoms with Crippen LogP contribution >= 0.6 is 23.7 Å². The molecule has 0 spiro atoms. The summed E-state index contributed by atoms with van der Waals surface area (Å²) in [5.74, 6) is 0.00677. The summed E-state index contributed by atoms with van der Waals surface area (Å²) in [6, 6.07) is 17.3. The number of rotatable bonds is 9. The predicted molar refractivity (Wildman–Crippen MR) is 216 cm³/mol. The summed E-state index contributed by atoms with van der Waals surface area (Å²) in [4.78, 5) is 34.6. The fourth-order valence-corrected chi connectivity index (χ4v) is 6.64. The number of nitrogens with zero attached hydrogens (tertiary/aromatic N) is 4. The smallest absolute Gasteiger partial charge is 0.323 e. The highest BCUT2D eigenvalue weighted by molar-refractivity contribution is 7.13. The van der Waals surface area contributed by atoms with Gasteiger partial charge in [-0.3, -0.25) is 14.6 Å². The minimum Gasteiger partial charge on any atom is -0.507 e. The first-order chi connectivity index (χ1) is 24.0. The van der Waals surface area contributed by atoms with E-state index < -0.39 is 0 Å². The summed E-state index contributed by atoms with van der Waals surface area (Å²) in [7, 11) is 0. The van der Waals surface area contributed by atoms with E-state index in [0.29, 0.717) is 11.3 Å². The van der Waals surface area contributed by atoms with Crippen LogP contribution in [0, 0.1) is 13.8 Å². The zero-order valence-corrected chi connectivity index (χ0v) is 33.1. The zero-order chi connectivity index (χ0) is 36.9. The number of amides is 3. The second-order valence-corrected chi connectivity index (χ2v) is 16.3. The molecule has 10 nitrogen and oxygen atoms in total. The number of phenols is 1. The number of nitrogens with one attached hydrogen (secondary N) is 3. The number of phenolic OH excluding ortho intramolecular Hbond substituents is 1. The van der Waals surface area contributed by atoms with Crippen LogP contribution in [-0.4, -0.2) is 70.8 Å². The first kappa shape index (κ1) is 40.5. The molecule has 0 bridgehead atoms. The van der Waals surface area contributed by atoms with Gasteiger partial charge in [0, 0.05) is 66.2 Å². The molecule has 2 heterocycles. The van der Waals surface area contributed by atoms with Gasteiger partial charge in [0.25, 0.3) is 5.91 Å². The van der Waals surface area contributed by atoms with Crippen LogP contribution in [0.1, 0.15) is 75.1 Å². The van der Waals surface area contributed by atoms with Gasteiger partial charge in [-0.05, 0) is 83.8 Å². The number of aromatic hydroxyl groups is 1. The monoisotopic (exact) mass is 745 g/mol. The van der Waals surface area contributed by atoms with Crippen molar-refractivity contribution in [1.29, 1.82) is 0 Å². The normalized spacial score (nSPS) is 14.2.